The zero-order chi connectivity index (χ0) is 27.7. The molecule has 5 rings (SSSR count). The van der Waals surface area contributed by atoms with Crippen LogP contribution in [-0.2, 0) is 9.59 Å². The van der Waals surface area contributed by atoms with Crippen LogP contribution in [0, 0.1) is 18.3 Å². The van der Waals surface area contributed by atoms with Crippen molar-refractivity contribution in [1.82, 2.24) is 15.4 Å². The van der Waals surface area contributed by atoms with Crippen molar-refractivity contribution in [2.75, 3.05) is 16.0 Å². The van der Waals surface area contributed by atoms with Gasteiger partial charge < -0.3 is 15.6 Å². The molecular weight excluding hydrogens is 534 g/mol. The number of Topliss-reactive ketones (excluding diaryl/α,β-unsaturated/α-hetero) is 1. The van der Waals surface area contributed by atoms with E-state index < -0.39 is 5.92 Å². The molecule has 200 valence electrons. The van der Waals surface area contributed by atoms with Crippen LogP contribution in [0.25, 0.3) is 0 Å². The molecule has 1 unspecified atom stereocenters. The molecule has 12 heteroatoms. The maximum atomic E-state index is 13.3. The number of aryl methyl sites for hydroxylation is 1. The molecular formula is C27H27N7O3S2. The second-order valence-electron chi connectivity index (χ2n) is 9.65. The van der Waals surface area contributed by atoms with Crippen LogP contribution < -0.4 is 16.0 Å². The Kier molecular flexibility index (Phi) is 7.54. The Morgan fingerprint density at radius 1 is 1.31 bits per heavy atom. The standard InChI is InChI=1S/C27H27N7O3S2/c1-14(2)16-7-9-17(10-8-16)23-18(12-28)25(29)34(19-5-4-6-20(35)24(19)23)26-31-32-27(39-26)38-13-22(36)30-21-11-15(3)37-33-21/h7-11,14,23H,4-6,13,29H2,1-3H3,(H,30,33,36). The van der Waals surface area contributed by atoms with Crippen LogP contribution in [0.4, 0.5) is 10.9 Å². The van der Waals surface area contributed by atoms with Crippen molar-refractivity contribution in [2.45, 2.75) is 56.2 Å². The van der Waals surface area contributed by atoms with Crippen LogP contribution in [0.3, 0.4) is 0 Å². The largest absolute Gasteiger partial charge is 0.384 e. The lowest BCUT2D eigenvalue weighted by atomic mass is 9.75. The molecule has 0 radical (unpaired) electrons. The van der Waals surface area contributed by atoms with Crippen molar-refractivity contribution in [2.24, 2.45) is 5.73 Å². The summed E-state index contributed by atoms with van der Waals surface area (Å²) in [6.45, 7) is 5.98. The first-order valence-corrected chi connectivity index (χ1v) is 14.3. The number of anilines is 2. The molecule has 39 heavy (non-hydrogen) atoms. The van der Waals surface area contributed by atoms with Crippen molar-refractivity contribution in [3.63, 3.8) is 0 Å². The topological polar surface area (TPSA) is 151 Å². The number of nitrogens with zero attached hydrogens (tertiary/aromatic N) is 5. The molecule has 1 amide bonds. The minimum absolute atomic E-state index is 0.0123. The summed E-state index contributed by atoms with van der Waals surface area (Å²) in [5, 5.41) is 25.6. The molecule has 0 saturated carbocycles. The van der Waals surface area contributed by atoms with Crippen molar-refractivity contribution >= 4 is 45.7 Å². The number of allylic oxidation sites excluding steroid dienone is 3. The zero-order valence-electron chi connectivity index (χ0n) is 21.7. The highest BCUT2D eigenvalue weighted by Gasteiger charge is 2.41. The molecule has 0 saturated heterocycles. The summed E-state index contributed by atoms with van der Waals surface area (Å²) >= 11 is 2.47. The van der Waals surface area contributed by atoms with Crippen LogP contribution in [0.2, 0.25) is 0 Å². The van der Waals surface area contributed by atoms with Gasteiger partial charge in [0, 0.05) is 23.8 Å². The monoisotopic (exact) mass is 561 g/mol. The fraction of sp³-hybridized carbons (Fsp3) is 0.333. The SMILES string of the molecule is Cc1cc(NC(=O)CSc2nnc(N3C(N)=C(C#N)C(c4ccc(C(C)C)cc4)C4=C3CCCC4=O)s2)no1. The lowest BCUT2D eigenvalue weighted by Crippen LogP contribution is -2.38. The van der Waals surface area contributed by atoms with Crippen molar-refractivity contribution in [1.29, 1.82) is 5.26 Å². The number of ketones is 1. The molecule has 1 aromatic carbocycles. The number of carbonyl (C=O) groups is 2. The van der Waals surface area contributed by atoms with Crippen LogP contribution >= 0.6 is 23.1 Å². The highest BCUT2D eigenvalue weighted by molar-refractivity contribution is 8.01. The van der Waals surface area contributed by atoms with Crippen molar-refractivity contribution < 1.29 is 14.1 Å². The number of benzene rings is 1. The Bertz CT molecular complexity index is 1530. The van der Waals surface area contributed by atoms with Gasteiger partial charge in [0.05, 0.1) is 23.3 Å². The van der Waals surface area contributed by atoms with Gasteiger partial charge in [-0.15, -0.1) is 10.2 Å². The second kappa shape index (κ2) is 11.0. The van der Waals surface area contributed by atoms with Gasteiger partial charge in [-0.1, -0.05) is 66.4 Å². The smallest absolute Gasteiger partial charge is 0.236 e. The predicted molar refractivity (Wildman–Crippen MR) is 149 cm³/mol. The summed E-state index contributed by atoms with van der Waals surface area (Å²) in [5.74, 6) is 0.876. The molecule has 1 aliphatic carbocycles. The fourth-order valence-electron chi connectivity index (χ4n) is 4.79. The van der Waals surface area contributed by atoms with Crippen LogP contribution in [0.15, 0.2) is 61.9 Å². The summed E-state index contributed by atoms with van der Waals surface area (Å²) in [4.78, 5) is 27.3. The first-order valence-electron chi connectivity index (χ1n) is 12.5. The average Bonchev–Trinajstić information content (AvgIpc) is 3.55. The molecule has 10 nitrogen and oxygen atoms in total. The van der Waals surface area contributed by atoms with E-state index in [9.17, 15) is 14.9 Å². The third kappa shape index (κ3) is 5.32. The van der Waals surface area contributed by atoms with Gasteiger partial charge in [-0.25, -0.2) is 0 Å². The lowest BCUT2D eigenvalue weighted by Gasteiger charge is -2.38. The molecule has 2 aliphatic rings. The third-order valence-corrected chi connectivity index (χ3v) is 8.70. The lowest BCUT2D eigenvalue weighted by molar-refractivity contribution is -0.116. The van der Waals surface area contributed by atoms with Crippen LogP contribution in [-0.4, -0.2) is 32.8 Å². The molecule has 1 aliphatic heterocycles. The minimum atomic E-state index is -0.527. The Morgan fingerprint density at radius 3 is 2.74 bits per heavy atom. The quantitative estimate of drug-likeness (QED) is 0.377. The van der Waals surface area contributed by atoms with Gasteiger partial charge in [0.25, 0.3) is 0 Å². The van der Waals surface area contributed by atoms with E-state index in [2.05, 4.69) is 40.6 Å². The normalized spacial score (nSPS) is 17.5. The summed E-state index contributed by atoms with van der Waals surface area (Å²) in [5.41, 5.74) is 10.3. The highest BCUT2D eigenvalue weighted by Crippen LogP contribution is 2.47. The van der Waals surface area contributed by atoms with E-state index in [4.69, 9.17) is 10.3 Å². The molecule has 3 heterocycles. The summed E-state index contributed by atoms with van der Waals surface area (Å²) < 4.78 is 5.52. The Balaban J connectivity index is 1.43. The van der Waals surface area contributed by atoms with Crippen LogP contribution in [0.1, 0.15) is 61.8 Å². The number of hydrogen-bond donors (Lipinski definition) is 2. The number of rotatable bonds is 7. The number of thioether (sulfide) groups is 1. The van der Waals surface area contributed by atoms with E-state index in [0.717, 1.165) is 11.3 Å². The molecule has 0 fully saturated rings. The minimum Gasteiger partial charge on any atom is -0.384 e. The van der Waals surface area contributed by atoms with E-state index in [0.29, 0.717) is 57.4 Å². The molecule has 0 bridgehead atoms. The number of nitriles is 1. The van der Waals surface area contributed by atoms with Gasteiger partial charge in [0.2, 0.25) is 11.0 Å². The van der Waals surface area contributed by atoms with Gasteiger partial charge in [0.1, 0.15) is 11.6 Å². The number of nitrogens with two attached hydrogens (primary N) is 1. The summed E-state index contributed by atoms with van der Waals surface area (Å²) in [7, 11) is 0. The Hall–Kier alpha value is -3.95. The van der Waals surface area contributed by atoms with E-state index in [1.807, 2.05) is 24.3 Å². The number of amides is 1. The van der Waals surface area contributed by atoms with Crippen molar-refractivity contribution in [3.8, 4) is 6.07 Å². The first-order chi connectivity index (χ1) is 18.8. The summed E-state index contributed by atoms with van der Waals surface area (Å²) in [6, 6.07) is 12.0. The number of aromatic nitrogens is 3. The van der Waals surface area contributed by atoms with Gasteiger partial charge >= 0.3 is 0 Å². The van der Waals surface area contributed by atoms with E-state index in [1.165, 1.54) is 28.7 Å². The average molecular weight is 562 g/mol. The van der Waals surface area contributed by atoms with E-state index in [-0.39, 0.29) is 23.3 Å². The van der Waals surface area contributed by atoms with Gasteiger partial charge in [-0.05, 0) is 36.8 Å². The zero-order valence-corrected chi connectivity index (χ0v) is 23.4. The predicted octanol–water partition coefficient (Wildman–Crippen LogP) is 4.99. The highest BCUT2D eigenvalue weighted by atomic mass is 32.2. The Labute approximate surface area is 233 Å². The Morgan fingerprint density at radius 2 is 2.08 bits per heavy atom. The fourth-order valence-corrected chi connectivity index (χ4v) is 6.48. The van der Waals surface area contributed by atoms with Gasteiger partial charge in [-0.2, -0.15) is 5.26 Å². The third-order valence-electron chi connectivity index (χ3n) is 6.66. The maximum absolute atomic E-state index is 13.3. The van der Waals surface area contributed by atoms with Crippen molar-refractivity contribution in [3.05, 3.63) is 69.9 Å². The summed E-state index contributed by atoms with van der Waals surface area (Å²) in [6.07, 6.45) is 1.73. The van der Waals surface area contributed by atoms with Gasteiger partial charge in [0.15, 0.2) is 15.9 Å². The number of nitrogens with one attached hydrogen (secondary N) is 1. The van der Waals surface area contributed by atoms with E-state index in [1.54, 1.807) is 17.9 Å². The molecule has 3 N–H and O–H groups in total. The maximum Gasteiger partial charge on any atom is 0.236 e. The van der Waals surface area contributed by atoms with E-state index >= 15 is 0 Å². The van der Waals surface area contributed by atoms with Gasteiger partial charge in [-0.3, -0.25) is 14.5 Å². The van der Waals surface area contributed by atoms with Crippen LogP contribution in [0.5, 0.6) is 0 Å². The molecule has 3 aromatic rings. The molecule has 2 aromatic heterocycles. The number of hydrogen-bond acceptors (Lipinski definition) is 11. The first kappa shape index (κ1) is 26.6. The molecule has 0 spiro atoms. The second-order valence-corrected chi connectivity index (χ2v) is 11.8. The number of carbonyl (C=O) groups excluding carboxylic acids is 2. The molecule has 1 atom stereocenters.